The second kappa shape index (κ2) is 7.72. The van der Waals surface area contributed by atoms with E-state index in [4.69, 9.17) is 0 Å². The van der Waals surface area contributed by atoms with E-state index in [2.05, 4.69) is 15.6 Å². The summed E-state index contributed by atoms with van der Waals surface area (Å²) >= 11 is 0. The van der Waals surface area contributed by atoms with Gasteiger partial charge < -0.3 is 10.6 Å². The number of aryl methyl sites for hydroxylation is 1. The SMILES string of the molecule is CN=C(NCc1ccc(F)cc1)NC(C)c1ccc(C)c(F)c1. The molecule has 1 atom stereocenters. The van der Waals surface area contributed by atoms with Crippen LogP contribution in [0.25, 0.3) is 0 Å². The fraction of sp³-hybridized carbons (Fsp3) is 0.278. The van der Waals surface area contributed by atoms with Gasteiger partial charge in [0.25, 0.3) is 0 Å². The first kappa shape index (κ1) is 16.9. The van der Waals surface area contributed by atoms with Crippen molar-refractivity contribution in [1.29, 1.82) is 0 Å². The lowest BCUT2D eigenvalue weighted by atomic mass is 10.1. The van der Waals surface area contributed by atoms with Crippen molar-refractivity contribution in [3.8, 4) is 0 Å². The van der Waals surface area contributed by atoms with Crippen molar-refractivity contribution in [3.05, 3.63) is 70.8 Å². The summed E-state index contributed by atoms with van der Waals surface area (Å²) in [5.74, 6) is 0.125. The number of guanidine groups is 1. The van der Waals surface area contributed by atoms with E-state index in [-0.39, 0.29) is 17.7 Å². The van der Waals surface area contributed by atoms with Gasteiger partial charge in [0.15, 0.2) is 5.96 Å². The first-order valence-corrected chi connectivity index (χ1v) is 7.47. The highest BCUT2D eigenvalue weighted by Gasteiger charge is 2.09. The van der Waals surface area contributed by atoms with Gasteiger partial charge in [0.05, 0.1) is 6.04 Å². The number of halogens is 2. The van der Waals surface area contributed by atoms with Crippen LogP contribution in [-0.2, 0) is 6.54 Å². The maximum atomic E-state index is 13.7. The average Bonchev–Trinajstić information content (AvgIpc) is 2.55. The van der Waals surface area contributed by atoms with Gasteiger partial charge in [-0.1, -0.05) is 24.3 Å². The predicted molar refractivity (Wildman–Crippen MR) is 89.3 cm³/mol. The molecule has 0 amide bonds. The molecule has 0 aliphatic rings. The Balaban J connectivity index is 1.95. The fourth-order valence-corrected chi connectivity index (χ4v) is 2.15. The minimum atomic E-state index is -0.258. The predicted octanol–water partition coefficient (Wildman–Crippen LogP) is 3.70. The third-order valence-corrected chi connectivity index (χ3v) is 3.65. The molecule has 0 aliphatic heterocycles. The maximum Gasteiger partial charge on any atom is 0.191 e. The number of hydrogen-bond donors (Lipinski definition) is 2. The molecule has 1 unspecified atom stereocenters. The number of nitrogens with zero attached hydrogens (tertiary/aromatic N) is 1. The van der Waals surface area contributed by atoms with Crippen molar-refractivity contribution in [1.82, 2.24) is 10.6 Å². The van der Waals surface area contributed by atoms with Gasteiger partial charge in [0.1, 0.15) is 11.6 Å². The van der Waals surface area contributed by atoms with Crippen molar-refractivity contribution in [2.24, 2.45) is 4.99 Å². The normalized spacial score (nSPS) is 12.8. The summed E-state index contributed by atoms with van der Waals surface area (Å²) in [5, 5.41) is 6.36. The zero-order valence-corrected chi connectivity index (χ0v) is 13.5. The van der Waals surface area contributed by atoms with Crippen molar-refractivity contribution in [3.63, 3.8) is 0 Å². The van der Waals surface area contributed by atoms with Crippen molar-refractivity contribution in [2.75, 3.05) is 7.05 Å². The van der Waals surface area contributed by atoms with Crippen LogP contribution >= 0.6 is 0 Å². The molecule has 0 aliphatic carbocycles. The van der Waals surface area contributed by atoms with E-state index in [1.54, 1.807) is 32.2 Å². The summed E-state index contributed by atoms with van der Waals surface area (Å²) < 4.78 is 26.5. The summed E-state index contributed by atoms with van der Waals surface area (Å²) in [4.78, 5) is 4.15. The van der Waals surface area contributed by atoms with Gasteiger partial charge in [-0.2, -0.15) is 0 Å². The van der Waals surface area contributed by atoms with E-state index in [0.717, 1.165) is 11.1 Å². The summed E-state index contributed by atoms with van der Waals surface area (Å²) in [6, 6.07) is 11.4. The number of aliphatic imine (C=N–C) groups is 1. The number of nitrogens with one attached hydrogen (secondary N) is 2. The van der Waals surface area contributed by atoms with E-state index in [1.165, 1.54) is 18.2 Å². The van der Waals surface area contributed by atoms with Crippen LogP contribution in [0, 0.1) is 18.6 Å². The molecule has 5 heteroatoms. The van der Waals surface area contributed by atoms with Crippen LogP contribution in [0.2, 0.25) is 0 Å². The lowest BCUT2D eigenvalue weighted by Crippen LogP contribution is -2.38. The van der Waals surface area contributed by atoms with Crippen LogP contribution in [-0.4, -0.2) is 13.0 Å². The first-order valence-electron chi connectivity index (χ1n) is 7.47. The van der Waals surface area contributed by atoms with Crippen molar-refractivity contribution in [2.45, 2.75) is 26.4 Å². The zero-order chi connectivity index (χ0) is 16.8. The molecule has 0 spiro atoms. The molecule has 0 bridgehead atoms. The highest BCUT2D eigenvalue weighted by atomic mass is 19.1. The third kappa shape index (κ3) is 4.77. The highest BCUT2D eigenvalue weighted by Crippen LogP contribution is 2.16. The second-order valence-corrected chi connectivity index (χ2v) is 5.43. The molecule has 0 heterocycles. The summed E-state index contributed by atoms with van der Waals surface area (Å²) in [7, 11) is 1.67. The number of rotatable bonds is 4. The molecule has 2 rings (SSSR count). The van der Waals surface area contributed by atoms with Gasteiger partial charge in [0.2, 0.25) is 0 Å². The highest BCUT2D eigenvalue weighted by molar-refractivity contribution is 5.80. The monoisotopic (exact) mass is 317 g/mol. The van der Waals surface area contributed by atoms with Crippen LogP contribution in [0.1, 0.15) is 29.7 Å². The molecule has 0 saturated carbocycles. The molecule has 0 radical (unpaired) electrons. The van der Waals surface area contributed by atoms with Crippen LogP contribution in [0.15, 0.2) is 47.5 Å². The lowest BCUT2D eigenvalue weighted by Gasteiger charge is -2.18. The summed E-state index contributed by atoms with van der Waals surface area (Å²) in [5.41, 5.74) is 2.42. The van der Waals surface area contributed by atoms with E-state index < -0.39 is 0 Å². The van der Waals surface area contributed by atoms with E-state index in [9.17, 15) is 8.78 Å². The quantitative estimate of drug-likeness (QED) is 0.666. The number of hydrogen-bond acceptors (Lipinski definition) is 1. The Morgan fingerprint density at radius 1 is 1.13 bits per heavy atom. The lowest BCUT2D eigenvalue weighted by molar-refractivity contribution is 0.607. The number of benzene rings is 2. The Morgan fingerprint density at radius 2 is 1.83 bits per heavy atom. The van der Waals surface area contributed by atoms with Gasteiger partial charge in [-0.05, 0) is 48.7 Å². The smallest absolute Gasteiger partial charge is 0.191 e. The standard InChI is InChI=1S/C18H21F2N3/c1-12-4-7-15(10-17(12)20)13(2)23-18(21-3)22-11-14-5-8-16(19)9-6-14/h4-10,13H,11H2,1-3H3,(H2,21,22,23). The molecule has 2 N–H and O–H groups in total. The Morgan fingerprint density at radius 3 is 2.43 bits per heavy atom. The van der Waals surface area contributed by atoms with Gasteiger partial charge in [-0.25, -0.2) is 8.78 Å². The van der Waals surface area contributed by atoms with Gasteiger partial charge in [-0.15, -0.1) is 0 Å². The first-order chi connectivity index (χ1) is 11.0. The van der Waals surface area contributed by atoms with Crippen LogP contribution < -0.4 is 10.6 Å². The molecule has 2 aromatic carbocycles. The van der Waals surface area contributed by atoms with Gasteiger partial charge in [0, 0.05) is 13.6 Å². The molecule has 23 heavy (non-hydrogen) atoms. The van der Waals surface area contributed by atoms with E-state index in [0.29, 0.717) is 18.1 Å². The van der Waals surface area contributed by atoms with Crippen molar-refractivity contribution >= 4 is 5.96 Å². The molecule has 0 saturated heterocycles. The fourth-order valence-electron chi connectivity index (χ4n) is 2.15. The van der Waals surface area contributed by atoms with Gasteiger partial charge in [-0.3, -0.25) is 4.99 Å². The maximum absolute atomic E-state index is 13.7. The largest absolute Gasteiger partial charge is 0.352 e. The second-order valence-electron chi connectivity index (χ2n) is 5.43. The zero-order valence-electron chi connectivity index (χ0n) is 13.5. The Labute approximate surface area is 135 Å². The minimum Gasteiger partial charge on any atom is -0.352 e. The van der Waals surface area contributed by atoms with Crippen LogP contribution in [0.5, 0.6) is 0 Å². The Bertz CT molecular complexity index is 681. The summed E-state index contributed by atoms with van der Waals surface area (Å²) in [6.45, 7) is 4.20. The molecule has 3 nitrogen and oxygen atoms in total. The minimum absolute atomic E-state index is 0.0930. The van der Waals surface area contributed by atoms with Gasteiger partial charge >= 0.3 is 0 Å². The molecular formula is C18H21F2N3. The third-order valence-electron chi connectivity index (χ3n) is 3.65. The Kier molecular flexibility index (Phi) is 5.68. The van der Waals surface area contributed by atoms with Crippen molar-refractivity contribution < 1.29 is 8.78 Å². The van der Waals surface area contributed by atoms with Crippen LogP contribution in [0.4, 0.5) is 8.78 Å². The average molecular weight is 317 g/mol. The van der Waals surface area contributed by atoms with E-state index in [1.807, 2.05) is 13.0 Å². The summed E-state index contributed by atoms with van der Waals surface area (Å²) in [6.07, 6.45) is 0. The molecule has 0 aromatic heterocycles. The molecule has 2 aromatic rings. The van der Waals surface area contributed by atoms with Crippen LogP contribution in [0.3, 0.4) is 0 Å². The molecule has 122 valence electrons. The Hall–Kier alpha value is -2.43. The molecule has 0 fully saturated rings. The van der Waals surface area contributed by atoms with E-state index >= 15 is 0 Å². The molecular weight excluding hydrogens is 296 g/mol. The topological polar surface area (TPSA) is 36.4 Å².